The number of carbonyl (C=O) groups is 3. The Morgan fingerprint density at radius 1 is 1.22 bits per heavy atom. The summed E-state index contributed by atoms with van der Waals surface area (Å²) in [5, 5.41) is 2.77. The molecule has 2 fully saturated rings. The highest BCUT2D eigenvalue weighted by Gasteiger charge is 2.39. The molecule has 1 heterocycles. The first-order valence-electron chi connectivity index (χ1n) is 9.82. The van der Waals surface area contributed by atoms with E-state index in [9.17, 15) is 14.4 Å². The lowest BCUT2D eigenvalue weighted by molar-refractivity contribution is -0.152. The fourth-order valence-corrected chi connectivity index (χ4v) is 3.99. The van der Waals surface area contributed by atoms with Crippen LogP contribution >= 0.6 is 0 Å². The van der Waals surface area contributed by atoms with E-state index in [0.717, 1.165) is 32.1 Å². The van der Waals surface area contributed by atoms with Crippen molar-refractivity contribution in [2.45, 2.75) is 51.5 Å². The number of aryl methyl sites for hydroxylation is 1. The van der Waals surface area contributed by atoms with Gasteiger partial charge in [-0.2, -0.15) is 0 Å². The van der Waals surface area contributed by atoms with Crippen molar-refractivity contribution < 1.29 is 19.1 Å². The van der Waals surface area contributed by atoms with Crippen molar-refractivity contribution in [2.24, 2.45) is 5.92 Å². The first-order valence-corrected chi connectivity index (χ1v) is 9.82. The molecule has 0 aromatic heterocycles. The van der Waals surface area contributed by atoms with E-state index < -0.39 is 11.9 Å². The van der Waals surface area contributed by atoms with Crippen LogP contribution < -0.4 is 5.32 Å². The number of amides is 2. The SMILES string of the molecule is Cc1ccccc1CCNC(=O)COC(=O)[C@@H]1CC(=O)N(C2CCCC2)C1. The van der Waals surface area contributed by atoms with Crippen LogP contribution in [0.15, 0.2) is 24.3 Å². The van der Waals surface area contributed by atoms with Gasteiger partial charge >= 0.3 is 5.97 Å². The second-order valence-electron chi connectivity index (χ2n) is 7.52. The van der Waals surface area contributed by atoms with E-state index in [1.54, 1.807) is 0 Å². The molecule has 1 aliphatic heterocycles. The van der Waals surface area contributed by atoms with Gasteiger partial charge in [-0.3, -0.25) is 14.4 Å². The zero-order valence-electron chi connectivity index (χ0n) is 15.9. The third-order valence-corrected chi connectivity index (χ3v) is 5.58. The average Bonchev–Trinajstić information content (AvgIpc) is 3.30. The van der Waals surface area contributed by atoms with E-state index in [-0.39, 0.29) is 30.9 Å². The molecule has 6 heteroatoms. The van der Waals surface area contributed by atoms with Gasteiger partial charge < -0.3 is 15.0 Å². The van der Waals surface area contributed by atoms with E-state index in [1.807, 2.05) is 36.1 Å². The lowest BCUT2D eigenvalue weighted by Gasteiger charge is -2.23. The topological polar surface area (TPSA) is 75.7 Å². The van der Waals surface area contributed by atoms with Gasteiger partial charge in [0.25, 0.3) is 5.91 Å². The molecule has 3 rings (SSSR count). The minimum atomic E-state index is -0.446. The molecule has 2 amide bonds. The molecule has 0 radical (unpaired) electrons. The Kier molecular flexibility index (Phi) is 6.48. The van der Waals surface area contributed by atoms with E-state index in [2.05, 4.69) is 5.32 Å². The minimum absolute atomic E-state index is 0.0338. The maximum absolute atomic E-state index is 12.2. The number of hydrogen-bond donors (Lipinski definition) is 1. The average molecular weight is 372 g/mol. The highest BCUT2D eigenvalue weighted by atomic mass is 16.5. The molecule has 6 nitrogen and oxygen atoms in total. The van der Waals surface area contributed by atoms with Crippen LogP contribution in [-0.4, -0.2) is 48.4 Å². The second kappa shape index (κ2) is 9.02. The standard InChI is InChI=1S/C21H28N2O4/c1-15-6-2-3-7-16(15)10-11-22-19(24)14-27-21(26)17-12-20(25)23(13-17)18-8-4-5-9-18/h2-3,6-7,17-18H,4-5,8-14H2,1H3,(H,22,24)/t17-/m1/s1. The molecule has 1 aromatic carbocycles. The van der Waals surface area contributed by atoms with Gasteiger partial charge in [-0.25, -0.2) is 0 Å². The van der Waals surface area contributed by atoms with Crippen LogP contribution in [0.3, 0.4) is 0 Å². The molecule has 1 atom stereocenters. The van der Waals surface area contributed by atoms with Gasteiger partial charge in [0.05, 0.1) is 5.92 Å². The van der Waals surface area contributed by atoms with Gasteiger partial charge in [0.15, 0.2) is 6.61 Å². The number of nitrogens with zero attached hydrogens (tertiary/aromatic N) is 1. The molecule has 1 saturated carbocycles. The highest BCUT2D eigenvalue weighted by Crippen LogP contribution is 2.29. The quantitative estimate of drug-likeness (QED) is 0.743. The fourth-order valence-electron chi connectivity index (χ4n) is 3.99. The predicted octanol–water partition coefficient (Wildman–Crippen LogP) is 1.99. The van der Waals surface area contributed by atoms with Gasteiger partial charge in [0.2, 0.25) is 5.91 Å². The molecular formula is C21H28N2O4. The van der Waals surface area contributed by atoms with Crippen LogP contribution in [0.25, 0.3) is 0 Å². The predicted molar refractivity (Wildman–Crippen MR) is 101 cm³/mol. The minimum Gasteiger partial charge on any atom is -0.455 e. The highest BCUT2D eigenvalue weighted by molar-refractivity contribution is 5.88. The van der Waals surface area contributed by atoms with Crippen LogP contribution in [0.5, 0.6) is 0 Å². The van der Waals surface area contributed by atoms with Crippen molar-refractivity contribution in [1.29, 1.82) is 0 Å². The lowest BCUT2D eigenvalue weighted by atomic mass is 10.1. The lowest BCUT2D eigenvalue weighted by Crippen LogP contribution is -2.35. The van der Waals surface area contributed by atoms with Crippen molar-refractivity contribution in [3.8, 4) is 0 Å². The Morgan fingerprint density at radius 3 is 2.70 bits per heavy atom. The summed E-state index contributed by atoms with van der Waals surface area (Å²) in [6.07, 6.45) is 5.27. The molecule has 1 saturated heterocycles. The Bertz CT molecular complexity index is 697. The first-order chi connectivity index (χ1) is 13.0. The third kappa shape index (κ3) is 5.08. The molecule has 1 N–H and O–H groups in total. The summed E-state index contributed by atoms with van der Waals surface area (Å²) >= 11 is 0. The van der Waals surface area contributed by atoms with Gasteiger partial charge in [0.1, 0.15) is 0 Å². The molecule has 146 valence electrons. The summed E-state index contributed by atoms with van der Waals surface area (Å²) in [5.74, 6) is -1.17. The number of hydrogen-bond acceptors (Lipinski definition) is 4. The van der Waals surface area contributed by atoms with E-state index in [1.165, 1.54) is 11.1 Å². The smallest absolute Gasteiger partial charge is 0.311 e. The number of likely N-dealkylation sites (tertiary alicyclic amines) is 1. The summed E-state index contributed by atoms with van der Waals surface area (Å²) in [5.41, 5.74) is 2.38. The maximum atomic E-state index is 12.2. The Labute approximate surface area is 160 Å². The van der Waals surface area contributed by atoms with Crippen LogP contribution in [-0.2, 0) is 25.5 Å². The number of nitrogens with one attached hydrogen (secondary N) is 1. The maximum Gasteiger partial charge on any atom is 0.311 e. The van der Waals surface area contributed by atoms with Crippen molar-refractivity contribution in [3.05, 3.63) is 35.4 Å². The molecule has 0 spiro atoms. The van der Waals surface area contributed by atoms with E-state index >= 15 is 0 Å². The zero-order chi connectivity index (χ0) is 19.2. The Hall–Kier alpha value is -2.37. The molecule has 2 aliphatic rings. The van der Waals surface area contributed by atoms with E-state index in [4.69, 9.17) is 4.74 Å². The van der Waals surface area contributed by atoms with Crippen LogP contribution in [0, 0.1) is 12.8 Å². The second-order valence-corrected chi connectivity index (χ2v) is 7.52. The summed E-state index contributed by atoms with van der Waals surface area (Å²) in [4.78, 5) is 38.1. The van der Waals surface area contributed by atoms with Gasteiger partial charge in [-0.15, -0.1) is 0 Å². The molecule has 0 unspecified atom stereocenters. The van der Waals surface area contributed by atoms with Crippen LogP contribution in [0.1, 0.15) is 43.2 Å². The molecule has 27 heavy (non-hydrogen) atoms. The van der Waals surface area contributed by atoms with Crippen LogP contribution in [0.4, 0.5) is 0 Å². The van der Waals surface area contributed by atoms with Crippen molar-refractivity contribution in [1.82, 2.24) is 10.2 Å². The van der Waals surface area contributed by atoms with Gasteiger partial charge in [-0.05, 0) is 37.3 Å². The molecule has 1 aromatic rings. The van der Waals surface area contributed by atoms with Crippen molar-refractivity contribution in [3.63, 3.8) is 0 Å². The largest absolute Gasteiger partial charge is 0.455 e. The third-order valence-electron chi connectivity index (χ3n) is 5.58. The first kappa shape index (κ1) is 19.4. The molecule has 1 aliphatic carbocycles. The number of benzene rings is 1. The summed E-state index contributed by atoms with van der Waals surface area (Å²) < 4.78 is 5.14. The molecular weight excluding hydrogens is 344 g/mol. The number of ether oxygens (including phenoxy) is 1. The van der Waals surface area contributed by atoms with Crippen molar-refractivity contribution >= 4 is 17.8 Å². The van der Waals surface area contributed by atoms with Gasteiger partial charge in [0, 0.05) is 25.6 Å². The Morgan fingerprint density at radius 2 is 1.96 bits per heavy atom. The summed E-state index contributed by atoms with van der Waals surface area (Å²) in [7, 11) is 0. The van der Waals surface area contributed by atoms with E-state index in [0.29, 0.717) is 13.1 Å². The van der Waals surface area contributed by atoms with Gasteiger partial charge in [-0.1, -0.05) is 37.1 Å². The van der Waals surface area contributed by atoms with Crippen LogP contribution in [0.2, 0.25) is 0 Å². The molecule has 0 bridgehead atoms. The number of rotatable bonds is 7. The summed E-state index contributed by atoms with van der Waals surface area (Å²) in [6.45, 7) is 2.67. The zero-order valence-corrected chi connectivity index (χ0v) is 15.9. The monoisotopic (exact) mass is 372 g/mol. The Balaban J connectivity index is 1.37. The van der Waals surface area contributed by atoms with Crippen molar-refractivity contribution in [2.75, 3.05) is 19.7 Å². The number of esters is 1. The number of carbonyl (C=O) groups excluding carboxylic acids is 3. The normalized spacial score (nSPS) is 20.1. The summed E-state index contributed by atoms with van der Waals surface area (Å²) in [6, 6.07) is 8.31. The fraction of sp³-hybridized carbons (Fsp3) is 0.571.